The molecule has 5 heteroatoms. The lowest BCUT2D eigenvalue weighted by Gasteiger charge is -2.08. The summed E-state index contributed by atoms with van der Waals surface area (Å²) in [7, 11) is 0. The molecule has 2 aromatic carbocycles. The fourth-order valence-corrected chi connectivity index (χ4v) is 2.59. The Morgan fingerprint density at radius 1 is 0.889 bits per heavy atom. The number of pyridine rings is 1. The molecule has 1 aromatic heterocycles. The smallest absolute Gasteiger partial charge is 0.270 e. The summed E-state index contributed by atoms with van der Waals surface area (Å²) in [5.74, 6) is -0.598. The second kappa shape index (κ2) is 8.76. The van der Waals surface area contributed by atoms with Gasteiger partial charge in [-0.15, -0.1) is 0 Å². The van der Waals surface area contributed by atoms with Gasteiger partial charge in [0, 0.05) is 24.0 Å². The van der Waals surface area contributed by atoms with Gasteiger partial charge in [0.05, 0.1) is 0 Å². The lowest BCUT2D eigenvalue weighted by Crippen LogP contribution is -2.24. The van der Waals surface area contributed by atoms with Gasteiger partial charge in [-0.1, -0.05) is 49.4 Å². The number of carbonyl (C=O) groups excluding carboxylic acids is 2. The largest absolute Gasteiger partial charge is 0.347 e. The van der Waals surface area contributed by atoms with Crippen molar-refractivity contribution in [2.75, 3.05) is 5.32 Å². The van der Waals surface area contributed by atoms with Gasteiger partial charge < -0.3 is 10.6 Å². The van der Waals surface area contributed by atoms with Gasteiger partial charge in [0.25, 0.3) is 11.8 Å². The van der Waals surface area contributed by atoms with E-state index in [0.29, 0.717) is 17.8 Å². The molecule has 0 radical (unpaired) electrons. The second-order valence-corrected chi connectivity index (χ2v) is 6.10. The van der Waals surface area contributed by atoms with Crippen molar-refractivity contribution >= 4 is 17.5 Å². The first kappa shape index (κ1) is 18.3. The summed E-state index contributed by atoms with van der Waals surface area (Å²) < 4.78 is 0. The Morgan fingerprint density at radius 2 is 1.63 bits per heavy atom. The maximum absolute atomic E-state index is 12.5. The molecule has 0 unspecified atom stereocenters. The minimum absolute atomic E-state index is 0.208. The Kier molecular flexibility index (Phi) is 5.94. The average molecular weight is 359 g/mol. The first-order valence-corrected chi connectivity index (χ1v) is 8.84. The zero-order valence-corrected chi connectivity index (χ0v) is 15.1. The highest BCUT2D eigenvalue weighted by molar-refractivity contribution is 6.05. The number of aromatic nitrogens is 1. The van der Waals surface area contributed by atoms with Crippen molar-refractivity contribution in [1.29, 1.82) is 0 Å². The fraction of sp³-hybridized carbons (Fsp3) is 0.136. The monoisotopic (exact) mass is 359 g/mol. The van der Waals surface area contributed by atoms with Gasteiger partial charge in [0.1, 0.15) is 5.69 Å². The summed E-state index contributed by atoms with van der Waals surface area (Å²) in [6.07, 6.45) is 2.41. The van der Waals surface area contributed by atoms with Crippen LogP contribution in [0.1, 0.15) is 38.9 Å². The van der Waals surface area contributed by atoms with Gasteiger partial charge in [0.15, 0.2) is 0 Å². The Labute approximate surface area is 158 Å². The maximum Gasteiger partial charge on any atom is 0.270 e. The molecule has 1 heterocycles. The molecule has 3 aromatic rings. The number of benzene rings is 2. The van der Waals surface area contributed by atoms with Gasteiger partial charge in [-0.05, 0) is 41.8 Å². The highest BCUT2D eigenvalue weighted by Crippen LogP contribution is 2.12. The SMILES string of the molecule is CCc1ccc(NC(=O)c2ccnc(C(=O)NCc3ccccc3)c2)cc1. The Hall–Kier alpha value is -3.47. The zero-order valence-electron chi connectivity index (χ0n) is 15.1. The summed E-state index contributed by atoms with van der Waals surface area (Å²) >= 11 is 0. The summed E-state index contributed by atoms with van der Waals surface area (Å²) in [6.45, 7) is 2.48. The molecule has 0 saturated carbocycles. The van der Waals surface area contributed by atoms with Gasteiger partial charge in [-0.3, -0.25) is 14.6 Å². The van der Waals surface area contributed by atoms with Crippen LogP contribution in [-0.2, 0) is 13.0 Å². The first-order chi connectivity index (χ1) is 13.2. The number of nitrogens with zero attached hydrogens (tertiary/aromatic N) is 1. The number of carbonyl (C=O) groups is 2. The topological polar surface area (TPSA) is 71.1 Å². The summed E-state index contributed by atoms with van der Waals surface area (Å²) in [5, 5.41) is 5.65. The molecule has 5 nitrogen and oxygen atoms in total. The van der Waals surface area contributed by atoms with Crippen LogP contribution < -0.4 is 10.6 Å². The van der Waals surface area contributed by atoms with Crippen LogP contribution in [0, 0.1) is 0 Å². The zero-order chi connectivity index (χ0) is 19.1. The molecule has 0 aliphatic rings. The number of hydrogen-bond donors (Lipinski definition) is 2. The molecule has 0 aliphatic carbocycles. The lowest BCUT2D eigenvalue weighted by molar-refractivity contribution is 0.0946. The van der Waals surface area contributed by atoms with Crippen LogP contribution >= 0.6 is 0 Å². The first-order valence-electron chi connectivity index (χ1n) is 8.84. The predicted molar refractivity (Wildman–Crippen MR) is 106 cm³/mol. The summed E-state index contributed by atoms with van der Waals surface area (Å²) in [6, 6.07) is 20.4. The highest BCUT2D eigenvalue weighted by Gasteiger charge is 2.12. The van der Waals surface area contributed by atoms with Gasteiger partial charge >= 0.3 is 0 Å². The van der Waals surface area contributed by atoms with Crippen molar-refractivity contribution < 1.29 is 9.59 Å². The molecule has 2 amide bonds. The standard InChI is InChI=1S/C22H21N3O2/c1-2-16-8-10-19(11-9-16)25-21(26)18-12-13-23-20(14-18)22(27)24-15-17-6-4-3-5-7-17/h3-14H,2,15H2,1H3,(H,24,27)(H,25,26). The predicted octanol–water partition coefficient (Wildman–Crippen LogP) is 3.83. The number of nitrogens with one attached hydrogen (secondary N) is 2. The average Bonchev–Trinajstić information content (AvgIpc) is 2.73. The molecular formula is C22H21N3O2. The van der Waals surface area contributed by atoms with E-state index in [4.69, 9.17) is 0 Å². The lowest BCUT2D eigenvalue weighted by atomic mass is 10.1. The van der Waals surface area contributed by atoms with Crippen LogP contribution in [0.4, 0.5) is 5.69 Å². The molecule has 0 spiro atoms. The Bertz CT molecular complexity index is 922. The number of aryl methyl sites for hydroxylation is 1. The molecule has 136 valence electrons. The van der Waals surface area contributed by atoms with Crippen LogP contribution in [0.15, 0.2) is 72.9 Å². The number of anilines is 1. The number of rotatable bonds is 6. The summed E-state index contributed by atoms with van der Waals surface area (Å²) in [4.78, 5) is 28.8. The van der Waals surface area contributed by atoms with Crippen LogP contribution in [0.2, 0.25) is 0 Å². The molecule has 0 fully saturated rings. The molecule has 3 rings (SSSR count). The van der Waals surface area contributed by atoms with E-state index in [0.717, 1.165) is 12.0 Å². The fourth-order valence-electron chi connectivity index (χ4n) is 2.59. The Balaban J connectivity index is 1.64. The van der Waals surface area contributed by atoms with E-state index >= 15 is 0 Å². The van der Waals surface area contributed by atoms with E-state index in [9.17, 15) is 9.59 Å². The number of hydrogen-bond acceptors (Lipinski definition) is 3. The van der Waals surface area contributed by atoms with Crippen LogP contribution in [0.5, 0.6) is 0 Å². The second-order valence-electron chi connectivity index (χ2n) is 6.10. The van der Waals surface area contributed by atoms with Crippen LogP contribution in [-0.4, -0.2) is 16.8 Å². The van der Waals surface area contributed by atoms with Crippen molar-refractivity contribution in [3.63, 3.8) is 0 Å². The highest BCUT2D eigenvalue weighted by atomic mass is 16.2. The van der Waals surface area contributed by atoms with E-state index in [1.807, 2.05) is 54.6 Å². The van der Waals surface area contributed by atoms with E-state index in [1.54, 1.807) is 6.07 Å². The summed E-state index contributed by atoms with van der Waals surface area (Å²) in [5.41, 5.74) is 3.50. The van der Waals surface area contributed by atoms with Crippen molar-refractivity contribution in [2.24, 2.45) is 0 Å². The van der Waals surface area contributed by atoms with Crippen LogP contribution in [0.3, 0.4) is 0 Å². The van der Waals surface area contributed by atoms with E-state index < -0.39 is 0 Å². The third-order valence-corrected chi connectivity index (χ3v) is 4.17. The van der Waals surface area contributed by atoms with Crippen molar-refractivity contribution in [1.82, 2.24) is 10.3 Å². The van der Waals surface area contributed by atoms with E-state index in [1.165, 1.54) is 17.8 Å². The molecule has 0 aliphatic heterocycles. The molecule has 0 bridgehead atoms. The van der Waals surface area contributed by atoms with Crippen molar-refractivity contribution in [3.8, 4) is 0 Å². The van der Waals surface area contributed by atoms with Crippen molar-refractivity contribution in [3.05, 3.63) is 95.3 Å². The minimum Gasteiger partial charge on any atom is -0.347 e. The molecular weight excluding hydrogens is 338 g/mol. The molecule has 0 saturated heterocycles. The third-order valence-electron chi connectivity index (χ3n) is 4.17. The van der Waals surface area contributed by atoms with E-state index in [2.05, 4.69) is 22.5 Å². The Morgan fingerprint density at radius 3 is 2.33 bits per heavy atom. The minimum atomic E-state index is -0.319. The van der Waals surface area contributed by atoms with Gasteiger partial charge in [-0.25, -0.2) is 0 Å². The maximum atomic E-state index is 12.5. The number of amides is 2. The normalized spacial score (nSPS) is 10.3. The molecule has 2 N–H and O–H groups in total. The molecule has 27 heavy (non-hydrogen) atoms. The third kappa shape index (κ3) is 5.01. The van der Waals surface area contributed by atoms with Crippen LogP contribution in [0.25, 0.3) is 0 Å². The van der Waals surface area contributed by atoms with Gasteiger partial charge in [-0.2, -0.15) is 0 Å². The van der Waals surface area contributed by atoms with E-state index in [-0.39, 0.29) is 17.5 Å². The molecule has 0 atom stereocenters. The van der Waals surface area contributed by atoms with Crippen molar-refractivity contribution in [2.45, 2.75) is 19.9 Å². The quantitative estimate of drug-likeness (QED) is 0.703. The van der Waals surface area contributed by atoms with Gasteiger partial charge in [0.2, 0.25) is 0 Å².